The minimum absolute atomic E-state index is 0.00498. The first kappa shape index (κ1) is 17.0. The Kier molecular flexibility index (Phi) is 5.26. The molecule has 6 heteroatoms. The van der Waals surface area contributed by atoms with Gasteiger partial charge in [-0.05, 0) is 38.8 Å². The Labute approximate surface area is 142 Å². The predicted molar refractivity (Wildman–Crippen MR) is 90.2 cm³/mol. The van der Waals surface area contributed by atoms with Gasteiger partial charge in [0.05, 0.1) is 12.7 Å². The van der Waals surface area contributed by atoms with Crippen LogP contribution in [0.4, 0.5) is 0 Å². The first-order valence-electron chi connectivity index (χ1n) is 8.69. The second-order valence-electron chi connectivity index (χ2n) is 6.41. The Bertz CT molecular complexity index is 605. The van der Waals surface area contributed by atoms with Crippen LogP contribution in [0.15, 0.2) is 12.1 Å². The molecular formula is C18H26N2O4. The van der Waals surface area contributed by atoms with E-state index < -0.39 is 6.10 Å². The number of hydrogen-bond acceptors (Lipinski definition) is 5. The van der Waals surface area contributed by atoms with Crippen molar-refractivity contribution in [3.8, 4) is 11.5 Å². The van der Waals surface area contributed by atoms with Gasteiger partial charge in [0.15, 0.2) is 0 Å². The van der Waals surface area contributed by atoms with Crippen LogP contribution in [0.2, 0.25) is 0 Å². The Morgan fingerprint density at radius 1 is 1.42 bits per heavy atom. The van der Waals surface area contributed by atoms with E-state index in [9.17, 15) is 4.79 Å². The summed E-state index contributed by atoms with van der Waals surface area (Å²) in [7, 11) is 0. The van der Waals surface area contributed by atoms with Gasteiger partial charge < -0.3 is 25.3 Å². The molecule has 2 aliphatic heterocycles. The fourth-order valence-corrected chi connectivity index (χ4v) is 3.28. The van der Waals surface area contributed by atoms with Crippen molar-refractivity contribution in [1.82, 2.24) is 5.32 Å². The second-order valence-corrected chi connectivity index (χ2v) is 6.41. The Morgan fingerprint density at radius 3 is 2.96 bits per heavy atom. The summed E-state index contributed by atoms with van der Waals surface area (Å²) in [5.41, 5.74) is 7.67. The van der Waals surface area contributed by atoms with Crippen molar-refractivity contribution in [3.05, 3.63) is 23.3 Å². The SMILES string of the molecule is CCOc1cc2c(cc1CNC(=O)[C@@H]1CC[C@H](CN)O1)OC(C)C2. The Balaban J connectivity index is 1.66. The zero-order chi connectivity index (χ0) is 17.1. The maximum Gasteiger partial charge on any atom is 0.249 e. The molecule has 3 N–H and O–H groups in total. The third kappa shape index (κ3) is 3.65. The van der Waals surface area contributed by atoms with Crippen molar-refractivity contribution in [2.45, 2.75) is 58.0 Å². The molecule has 24 heavy (non-hydrogen) atoms. The smallest absolute Gasteiger partial charge is 0.249 e. The molecule has 0 aliphatic carbocycles. The molecule has 3 rings (SSSR count). The third-order valence-electron chi connectivity index (χ3n) is 4.49. The maximum atomic E-state index is 12.3. The van der Waals surface area contributed by atoms with E-state index in [1.807, 2.05) is 26.0 Å². The van der Waals surface area contributed by atoms with Crippen LogP contribution in [-0.4, -0.2) is 37.4 Å². The third-order valence-corrected chi connectivity index (χ3v) is 4.49. The molecule has 1 unspecified atom stereocenters. The molecule has 0 bridgehead atoms. The summed E-state index contributed by atoms with van der Waals surface area (Å²) >= 11 is 0. The summed E-state index contributed by atoms with van der Waals surface area (Å²) in [5, 5.41) is 2.95. The maximum absolute atomic E-state index is 12.3. The van der Waals surface area contributed by atoms with Gasteiger partial charge in [-0.3, -0.25) is 4.79 Å². The first-order chi connectivity index (χ1) is 11.6. The molecule has 0 radical (unpaired) electrons. The Morgan fingerprint density at radius 2 is 2.25 bits per heavy atom. The highest BCUT2D eigenvalue weighted by molar-refractivity contribution is 5.81. The Hall–Kier alpha value is -1.79. The molecule has 1 amide bonds. The molecule has 132 valence electrons. The van der Waals surface area contributed by atoms with Crippen molar-refractivity contribution >= 4 is 5.91 Å². The van der Waals surface area contributed by atoms with Gasteiger partial charge in [-0.2, -0.15) is 0 Å². The van der Waals surface area contributed by atoms with E-state index in [-0.39, 0.29) is 18.1 Å². The predicted octanol–water partition coefficient (Wildman–Crippen LogP) is 1.53. The summed E-state index contributed by atoms with van der Waals surface area (Å²) in [4.78, 5) is 12.3. The summed E-state index contributed by atoms with van der Waals surface area (Å²) in [5.74, 6) is 1.60. The van der Waals surface area contributed by atoms with E-state index in [1.54, 1.807) is 0 Å². The number of carbonyl (C=O) groups excluding carboxylic acids is 1. The lowest BCUT2D eigenvalue weighted by atomic mass is 10.1. The highest BCUT2D eigenvalue weighted by atomic mass is 16.5. The molecule has 6 nitrogen and oxygen atoms in total. The molecular weight excluding hydrogens is 308 g/mol. The van der Waals surface area contributed by atoms with Gasteiger partial charge in [-0.15, -0.1) is 0 Å². The highest BCUT2D eigenvalue weighted by Crippen LogP contribution is 2.35. The van der Waals surface area contributed by atoms with Crippen LogP contribution in [0.1, 0.15) is 37.8 Å². The number of ether oxygens (including phenoxy) is 3. The normalized spacial score (nSPS) is 25.2. The molecule has 2 aliphatic rings. The van der Waals surface area contributed by atoms with E-state index in [4.69, 9.17) is 19.9 Å². The van der Waals surface area contributed by atoms with Crippen molar-refractivity contribution in [1.29, 1.82) is 0 Å². The number of hydrogen-bond donors (Lipinski definition) is 2. The van der Waals surface area contributed by atoms with Crippen LogP contribution >= 0.6 is 0 Å². The number of nitrogens with one attached hydrogen (secondary N) is 1. The fourth-order valence-electron chi connectivity index (χ4n) is 3.28. The number of amides is 1. The van der Waals surface area contributed by atoms with Gasteiger partial charge in [0.25, 0.3) is 0 Å². The first-order valence-corrected chi connectivity index (χ1v) is 8.69. The minimum atomic E-state index is -0.403. The zero-order valence-electron chi connectivity index (χ0n) is 14.3. The van der Waals surface area contributed by atoms with Gasteiger partial charge in [0.2, 0.25) is 5.91 Å². The van der Waals surface area contributed by atoms with Gasteiger partial charge in [0.1, 0.15) is 23.7 Å². The van der Waals surface area contributed by atoms with Crippen LogP contribution < -0.4 is 20.5 Å². The van der Waals surface area contributed by atoms with Gasteiger partial charge in [-0.1, -0.05) is 0 Å². The highest BCUT2D eigenvalue weighted by Gasteiger charge is 2.30. The van der Waals surface area contributed by atoms with Crippen molar-refractivity contribution in [2.75, 3.05) is 13.2 Å². The minimum Gasteiger partial charge on any atom is -0.494 e. The largest absolute Gasteiger partial charge is 0.494 e. The lowest BCUT2D eigenvalue weighted by Gasteiger charge is -2.15. The average molecular weight is 334 g/mol. The van der Waals surface area contributed by atoms with Crippen LogP contribution in [0.3, 0.4) is 0 Å². The molecule has 1 aromatic rings. The van der Waals surface area contributed by atoms with Crippen LogP contribution in [0.5, 0.6) is 11.5 Å². The quantitative estimate of drug-likeness (QED) is 0.824. The van der Waals surface area contributed by atoms with Gasteiger partial charge >= 0.3 is 0 Å². The number of carbonyl (C=O) groups is 1. The number of nitrogens with two attached hydrogens (primary N) is 1. The number of benzene rings is 1. The molecule has 1 fully saturated rings. The van der Waals surface area contributed by atoms with E-state index >= 15 is 0 Å². The van der Waals surface area contributed by atoms with Crippen molar-refractivity contribution in [2.24, 2.45) is 5.73 Å². The summed E-state index contributed by atoms with van der Waals surface area (Å²) < 4.78 is 17.2. The van der Waals surface area contributed by atoms with Gasteiger partial charge in [0, 0.05) is 30.6 Å². The van der Waals surface area contributed by atoms with E-state index in [1.165, 1.54) is 0 Å². The summed E-state index contributed by atoms with van der Waals surface area (Å²) in [6.45, 7) is 5.44. The molecule has 1 aromatic carbocycles. The standard InChI is InChI=1S/C18H26N2O4/c1-3-22-16-7-12-6-11(2)23-17(12)8-13(16)10-20-18(21)15-5-4-14(9-19)24-15/h7-8,11,14-15H,3-6,9-10,19H2,1-2H3,(H,20,21)/t11?,14-,15+/m1/s1. The monoisotopic (exact) mass is 334 g/mol. The molecule has 3 atom stereocenters. The van der Waals surface area contributed by atoms with Crippen LogP contribution in [0, 0.1) is 0 Å². The molecule has 1 saturated heterocycles. The fraction of sp³-hybridized carbons (Fsp3) is 0.611. The van der Waals surface area contributed by atoms with Crippen LogP contribution in [-0.2, 0) is 22.5 Å². The van der Waals surface area contributed by atoms with Crippen molar-refractivity contribution in [3.63, 3.8) is 0 Å². The van der Waals surface area contributed by atoms with E-state index in [0.29, 0.717) is 19.7 Å². The van der Waals surface area contributed by atoms with Crippen LogP contribution in [0.25, 0.3) is 0 Å². The average Bonchev–Trinajstić information content (AvgIpc) is 3.17. The lowest BCUT2D eigenvalue weighted by molar-refractivity contribution is -0.132. The molecule has 0 saturated carbocycles. The summed E-state index contributed by atoms with van der Waals surface area (Å²) in [6, 6.07) is 4.00. The number of rotatable bonds is 6. The number of fused-ring (bicyclic) bond motifs is 1. The van der Waals surface area contributed by atoms with Gasteiger partial charge in [-0.25, -0.2) is 0 Å². The topological polar surface area (TPSA) is 82.8 Å². The lowest BCUT2D eigenvalue weighted by Crippen LogP contribution is -2.35. The van der Waals surface area contributed by atoms with E-state index in [2.05, 4.69) is 5.32 Å². The van der Waals surface area contributed by atoms with Crippen molar-refractivity contribution < 1.29 is 19.0 Å². The second kappa shape index (κ2) is 7.40. The molecule has 0 aromatic heterocycles. The summed E-state index contributed by atoms with van der Waals surface area (Å²) in [6.07, 6.45) is 2.22. The van der Waals surface area contributed by atoms with E-state index in [0.717, 1.165) is 41.9 Å². The zero-order valence-corrected chi connectivity index (χ0v) is 14.3. The molecule has 0 spiro atoms. The molecule has 2 heterocycles.